The zero-order chi connectivity index (χ0) is 13.1. The van der Waals surface area contributed by atoms with Crippen LogP contribution in [0.1, 0.15) is 55.1 Å². The lowest BCUT2D eigenvalue weighted by atomic mass is 10.1. The molecule has 1 aliphatic carbocycles. The summed E-state index contributed by atoms with van der Waals surface area (Å²) in [5.74, 6) is -0.302. The molecule has 0 amide bonds. The van der Waals surface area contributed by atoms with Gasteiger partial charge in [-0.2, -0.15) is 5.10 Å². The summed E-state index contributed by atoms with van der Waals surface area (Å²) in [6, 6.07) is 2.23. The second-order valence-corrected chi connectivity index (χ2v) is 5.34. The normalized spacial score (nSPS) is 21.7. The first-order chi connectivity index (χ1) is 9.33. The summed E-state index contributed by atoms with van der Waals surface area (Å²) in [4.78, 5) is 12.0. The van der Waals surface area contributed by atoms with Gasteiger partial charge in [0.1, 0.15) is 6.10 Å². The monoisotopic (exact) mass is 264 g/mol. The summed E-state index contributed by atoms with van der Waals surface area (Å²) in [7, 11) is 0. The Labute approximate surface area is 112 Å². The molecule has 2 heterocycles. The second-order valence-electron chi connectivity index (χ2n) is 5.34. The van der Waals surface area contributed by atoms with Gasteiger partial charge in [0.05, 0.1) is 19.3 Å². The lowest BCUT2D eigenvalue weighted by molar-refractivity contribution is -0.0164. The molecule has 5 nitrogen and oxygen atoms in total. The van der Waals surface area contributed by atoms with E-state index < -0.39 is 0 Å². The Kier molecular flexibility index (Phi) is 3.82. The van der Waals surface area contributed by atoms with Crippen LogP contribution in [0.5, 0.6) is 0 Å². The number of aromatic nitrogens is 2. The number of hydrogen-bond donors (Lipinski definition) is 0. The molecule has 1 aliphatic heterocycles. The minimum absolute atomic E-state index is 0.0159. The third-order valence-electron chi connectivity index (χ3n) is 3.96. The lowest BCUT2D eigenvalue weighted by Gasteiger charge is -2.21. The summed E-state index contributed by atoms with van der Waals surface area (Å²) >= 11 is 0. The highest BCUT2D eigenvalue weighted by molar-refractivity contribution is 5.87. The summed E-state index contributed by atoms with van der Waals surface area (Å²) < 4.78 is 12.6. The molecule has 0 spiro atoms. The van der Waals surface area contributed by atoms with Gasteiger partial charge in [0.2, 0.25) is 0 Å². The van der Waals surface area contributed by atoms with Gasteiger partial charge in [0.15, 0.2) is 5.69 Å². The molecule has 0 aromatic carbocycles. The molecular weight excluding hydrogens is 244 g/mol. The molecule has 0 N–H and O–H groups in total. The number of nitrogens with zero attached hydrogens (tertiary/aromatic N) is 2. The SMILES string of the molecule is O=C(OC1CCOCC1)c1ccn(C2CCCC2)n1. The molecule has 1 saturated carbocycles. The second kappa shape index (κ2) is 5.74. The van der Waals surface area contributed by atoms with Crippen molar-refractivity contribution in [3.63, 3.8) is 0 Å². The molecule has 0 unspecified atom stereocenters. The topological polar surface area (TPSA) is 53.4 Å². The maximum atomic E-state index is 12.0. The fraction of sp³-hybridized carbons (Fsp3) is 0.714. The number of ether oxygens (including phenoxy) is 2. The van der Waals surface area contributed by atoms with Gasteiger partial charge >= 0.3 is 5.97 Å². The van der Waals surface area contributed by atoms with Crippen LogP contribution in [0.2, 0.25) is 0 Å². The van der Waals surface area contributed by atoms with Crippen molar-refractivity contribution in [3.05, 3.63) is 18.0 Å². The number of esters is 1. The molecule has 1 aromatic heterocycles. The van der Waals surface area contributed by atoms with Crippen LogP contribution in [-0.2, 0) is 9.47 Å². The molecule has 5 heteroatoms. The molecule has 104 valence electrons. The van der Waals surface area contributed by atoms with Gasteiger partial charge in [0.25, 0.3) is 0 Å². The van der Waals surface area contributed by atoms with E-state index in [0.717, 1.165) is 25.7 Å². The van der Waals surface area contributed by atoms with Gasteiger partial charge < -0.3 is 9.47 Å². The van der Waals surface area contributed by atoms with Crippen molar-refractivity contribution in [1.29, 1.82) is 0 Å². The number of carbonyl (C=O) groups is 1. The maximum Gasteiger partial charge on any atom is 0.359 e. The zero-order valence-electron chi connectivity index (χ0n) is 11.1. The molecule has 1 saturated heterocycles. The average Bonchev–Trinajstić information content (AvgIpc) is 3.11. The van der Waals surface area contributed by atoms with E-state index in [1.54, 1.807) is 6.07 Å². The highest BCUT2D eigenvalue weighted by Gasteiger charge is 2.22. The first kappa shape index (κ1) is 12.7. The van der Waals surface area contributed by atoms with Crippen LogP contribution < -0.4 is 0 Å². The van der Waals surface area contributed by atoms with Crippen LogP contribution in [0, 0.1) is 0 Å². The van der Waals surface area contributed by atoms with Crippen molar-refractivity contribution in [1.82, 2.24) is 9.78 Å². The largest absolute Gasteiger partial charge is 0.457 e. The fourth-order valence-corrected chi connectivity index (χ4v) is 2.82. The molecule has 3 rings (SSSR count). The van der Waals surface area contributed by atoms with Crippen molar-refractivity contribution in [3.8, 4) is 0 Å². The maximum absolute atomic E-state index is 12.0. The summed E-state index contributed by atoms with van der Waals surface area (Å²) in [6.07, 6.45) is 8.30. The predicted molar refractivity (Wildman–Crippen MR) is 69.0 cm³/mol. The van der Waals surface area contributed by atoms with Crippen molar-refractivity contribution in [2.45, 2.75) is 50.7 Å². The molecule has 0 bridgehead atoms. The summed E-state index contributed by atoms with van der Waals surface area (Å²) in [5.41, 5.74) is 0.429. The number of hydrogen-bond acceptors (Lipinski definition) is 4. The number of carbonyl (C=O) groups excluding carboxylic acids is 1. The van der Waals surface area contributed by atoms with E-state index in [1.165, 1.54) is 12.8 Å². The third-order valence-corrected chi connectivity index (χ3v) is 3.96. The molecular formula is C14H20N2O3. The van der Waals surface area contributed by atoms with Crippen LogP contribution in [0.25, 0.3) is 0 Å². The van der Waals surface area contributed by atoms with Crippen molar-refractivity contribution < 1.29 is 14.3 Å². The van der Waals surface area contributed by atoms with Gasteiger partial charge in [0, 0.05) is 19.0 Å². The van der Waals surface area contributed by atoms with E-state index in [4.69, 9.17) is 9.47 Å². The first-order valence-corrected chi connectivity index (χ1v) is 7.17. The van der Waals surface area contributed by atoms with Crippen molar-refractivity contribution in [2.24, 2.45) is 0 Å². The first-order valence-electron chi connectivity index (χ1n) is 7.17. The minimum Gasteiger partial charge on any atom is -0.457 e. The van der Waals surface area contributed by atoms with Gasteiger partial charge in [-0.05, 0) is 18.9 Å². The Balaban J connectivity index is 1.59. The van der Waals surface area contributed by atoms with Crippen LogP contribution in [0.15, 0.2) is 12.3 Å². The van der Waals surface area contributed by atoms with Crippen LogP contribution in [-0.4, -0.2) is 35.1 Å². The van der Waals surface area contributed by atoms with E-state index in [9.17, 15) is 4.79 Å². The molecule has 0 atom stereocenters. The molecule has 0 radical (unpaired) electrons. The zero-order valence-corrected chi connectivity index (χ0v) is 11.1. The van der Waals surface area contributed by atoms with Gasteiger partial charge in [-0.1, -0.05) is 12.8 Å². The smallest absolute Gasteiger partial charge is 0.359 e. The van der Waals surface area contributed by atoms with Crippen LogP contribution in [0.4, 0.5) is 0 Å². The molecule has 2 aliphatic rings. The average molecular weight is 264 g/mol. The molecule has 19 heavy (non-hydrogen) atoms. The molecule has 2 fully saturated rings. The van der Waals surface area contributed by atoms with Gasteiger partial charge in [-0.3, -0.25) is 4.68 Å². The van der Waals surface area contributed by atoms with Crippen molar-refractivity contribution >= 4 is 5.97 Å². The Hall–Kier alpha value is -1.36. The van der Waals surface area contributed by atoms with Crippen LogP contribution in [0.3, 0.4) is 0 Å². The summed E-state index contributed by atoms with van der Waals surface area (Å²) in [6.45, 7) is 1.35. The van der Waals surface area contributed by atoms with E-state index in [2.05, 4.69) is 5.10 Å². The van der Waals surface area contributed by atoms with Gasteiger partial charge in [-0.25, -0.2) is 4.79 Å². The van der Waals surface area contributed by atoms with Crippen molar-refractivity contribution in [2.75, 3.05) is 13.2 Å². The fourth-order valence-electron chi connectivity index (χ4n) is 2.82. The Bertz CT molecular complexity index is 432. The number of rotatable bonds is 3. The lowest BCUT2D eigenvalue weighted by Crippen LogP contribution is -2.26. The highest BCUT2D eigenvalue weighted by atomic mass is 16.6. The predicted octanol–water partition coefficient (Wildman–Crippen LogP) is 2.33. The summed E-state index contributed by atoms with van der Waals surface area (Å²) in [5, 5.41) is 4.37. The Morgan fingerprint density at radius 1 is 1.26 bits per heavy atom. The van der Waals surface area contributed by atoms with E-state index in [0.29, 0.717) is 24.9 Å². The van der Waals surface area contributed by atoms with E-state index in [1.807, 2.05) is 10.9 Å². The van der Waals surface area contributed by atoms with Gasteiger partial charge in [-0.15, -0.1) is 0 Å². The van der Waals surface area contributed by atoms with Crippen LogP contribution >= 0.6 is 0 Å². The Morgan fingerprint density at radius 2 is 2.00 bits per heavy atom. The van der Waals surface area contributed by atoms with E-state index in [-0.39, 0.29) is 12.1 Å². The van der Waals surface area contributed by atoms with E-state index >= 15 is 0 Å². The quantitative estimate of drug-likeness (QED) is 0.786. The standard InChI is InChI=1S/C14H20N2O3/c17-14(19-12-6-9-18-10-7-12)13-5-8-16(15-13)11-3-1-2-4-11/h5,8,11-12H,1-4,6-7,9-10H2. The Morgan fingerprint density at radius 3 is 2.74 bits per heavy atom. The molecule has 1 aromatic rings. The third kappa shape index (κ3) is 2.97. The minimum atomic E-state index is -0.302. The highest BCUT2D eigenvalue weighted by Crippen LogP contribution is 2.28.